The number of nitrogens with one attached hydrogen (secondary N) is 1. The molecular formula is C11H17BNOS3. The molecule has 0 aliphatic rings. The number of aromatic amines is 1. The summed E-state index contributed by atoms with van der Waals surface area (Å²) in [7, 11) is 1.69. The second-order valence-electron chi connectivity index (χ2n) is 4.93. The Morgan fingerprint density at radius 1 is 1.29 bits per heavy atom. The Bertz CT molecular complexity index is 451. The van der Waals surface area contributed by atoms with Crippen LogP contribution in [0.3, 0.4) is 0 Å². The van der Waals surface area contributed by atoms with Crippen LogP contribution in [0.25, 0.3) is 0 Å². The molecule has 2 nitrogen and oxygen atoms in total. The summed E-state index contributed by atoms with van der Waals surface area (Å²) < 4.78 is 6.20. The van der Waals surface area contributed by atoms with Crippen molar-refractivity contribution in [1.82, 2.24) is 4.98 Å². The third kappa shape index (κ3) is 4.05. The first-order valence-corrected chi connectivity index (χ1v) is 6.59. The van der Waals surface area contributed by atoms with Crippen molar-refractivity contribution in [2.45, 2.75) is 43.1 Å². The molecule has 17 heavy (non-hydrogen) atoms. The van der Waals surface area contributed by atoms with Gasteiger partial charge in [-0.3, -0.25) is 0 Å². The molecule has 1 rings (SSSR count). The van der Waals surface area contributed by atoms with Gasteiger partial charge in [0, 0.05) is 4.75 Å². The number of hydrogen-bond donors (Lipinski definition) is 3. The van der Waals surface area contributed by atoms with E-state index in [-0.39, 0.29) is 10.3 Å². The fraction of sp³-hybridized carbons (Fsp3) is 0.545. The standard InChI is InChI=1S/C11H17BNOS3/c1-10(2,11(3,4)17)14-12-7-5-6-8(15)13-9(7)16/h5-6,17H,1-4H3,(H2,13,15,16). The largest absolute Gasteiger partial charge is 0.428 e. The van der Waals surface area contributed by atoms with Crippen molar-refractivity contribution in [2.24, 2.45) is 0 Å². The van der Waals surface area contributed by atoms with Crippen LogP contribution in [0.4, 0.5) is 0 Å². The van der Waals surface area contributed by atoms with Gasteiger partial charge in [0.2, 0.25) is 0 Å². The highest BCUT2D eigenvalue weighted by atomic mass is 32.1. The Balaban J connectivity index is 2.78. The van der Waals surface area contributed by atoms with Crippen LogP contribution in [-0.2, 0) is 4.65 Å². The maximum absolute atomic E-state index is 5.80. The minimum atomic E-state index is -0.386. The Kier molecular flexibility index (Phi) is 4.80. The summed E-state index contributed by atoms with van der Waals surface area (Å²) >= 11 is 13.9. The first-order valence-electron chi connectivity index (χ1n) is 5.29. The molecule has 0 aliphatic carbocycles. The molecule has 0 amide bonds. The molecule has 0 atom stereocenters. The van der Waals surface area contributed by atoms with Gasteiger partial charge in [0.15, 0.2) is 0 Å². The molecule has 93 valence electrons. The van der Waals surface area contributed by atoms with Crippen LogP contribution in [0.1, 0.15) is 27.7 Å². The predicted molar refractivity (Wildman–Crippen MR) is 82.5 cm³/mol. The molecule has 1 aromatic heterocycles. The van der Waals surface area contributed by atoms with Crippen LogP contribution >= 0.6 is 37.5 Å². The van der Waals surface area contributed by atoms with Crippen molar-refractivity contribution in [3.63, 3.8) is 0 Å². The zero-order valence-electron chi connectivity index (χ0n) is 10.4. The monoisotopic (exact) mass is 286 g/mol. The third-order valence-corrected chi connectivity index (χ3v) is 4.03. The lowest BCUT2D eigenvalue weighted by Gasteiger charge is -2.38. The Morgan fingerprint density at radius 2 is 1.88 bits per heavy atom. The number of H-pyrrole nitrogens is 1. The molecule has 6 heteroatoms. The smallest absolute Gasteiger partial charge is 0.333 e. The van der Waals surface area contributed by atoms with Crippen molar-refractivity contribution in [3.05, 3.63) is 16.8 Å². The predicted octanol–water partition coefficient (Wildman–Crippen LogP) is 2.78. The van der Waals surface area contributed by atoms with Gasteiger partial charge in [-0.1, -0.05) is 18.3 Å². The lowest BCUT2D eigenvalue weighted by molar-refractivity contribution is 0.0853. The van der Waals surface area contributed by atoms with Crippen LogP contribution in [0.5, 0.6) is 0 Å². The minimum Gasteiger partial charge on any atom is -0.428 e. The Morgan fingerprint density at radius 3 is 2.35 bits per heavy atom. The van der Waals surface area contributed by atoms with E-state index in [2.05, 4.69) is 30.2 Å². The van der Waals surface area contributed by atoms with E-state index in [0.717, 1.165) is 5.46 Å². The van der Waals surface area contributed by atoms with Gasteiger partial charge in [-0.2, -0.15) is 12.6 Å². The quantitative estimate of drug-likeness (QED) is 0.450. The van der Waals surface area contributed by atoms with E-state index in [1.807, 2.05) is 39.8 Å². The summed E-state index contributed by atoms with van der Waals surface area (Å²) in [4.78, 5) is 2.96. The number of rotatable bonds is 4. The fourth-order valence-corrected chi connectivity index (χ4v) is 1.47. The van der Waals surface area contributed by atoms with E-state index in [4.69, 9.17) is 16.9 Å². The molecule has 1 radical (unpaired) electrons. The third-order valence-electron chi connectivity index (χ3n) is 2.88. The van der Waals surface area contributed by atoms with Crippen molar-refractivity contribution >= 4 is 50.4 Å². The molecule has 1 N–H and O–H groups in total. The highest BCUT2D eigenvalue weighted by Gasteiger charge is 2.34. The second-order valence-corrected chi connectivity index (χ2v) is 6.94. The molecule has 0 fully saturated rings. The van der Waals surface area contributed by atoms with Crippen LogP contribution in [0.2, 0.25) is 0 Å². The van der Waals surface area contributed by atoms with Gasteiger partial charge in [0.05, 0.1) is 10.6 Å². The SMILES string of the molecule is CC(C)(S)C(C)(C)O[B]c1ccc(=S)[nH]c1S. The van der Waals surface area contributed by atoms with E-state index in [1.165, 1.54) is 0 Å². The number of hydrogen-bond acceptors (Lipinski definition) is 4. The Labute approximate surface area is 120 Å². The molecule has 1 aromatic rings. The number of aromatic nitrogens is 1. The average Bonchev–Trinajstić information content (AvgIpc) is 2.14. The van der Waals surface area contributed by atoms with Crippen molar-refractivity contribution in [2.75, 3.05) is 0 Å². The van der Waals surface area contributed by atoms with Gasteiger partial charge in [-0.05, 0) is 39.2 Å². The van der Waals surface area contributed by atoms with Gasteiger partial charge >= 0.3 is 7.48 Å². The lowest BCUT2D eigenvalue weighted by atomic mass is 9.85. The highest BCUT2D eigenvalue weighted by Crippen LogP contribution is 2.30. The summed E-state index contributed by atoms with van der Waals surface area (Å²) in [6.07, 6.45) is 0. The van der Waals surface area contributed by atoms with E-state index in [9.17, 15) is 0 Å². The highest BCUT2D eigenvalue weighted by molar-refractivity contribution is 7.81. The minimum absolute atomic E-state index is 0.248. The summed E-state index contributed by atoms with van der Waals surface area (Å²) in [5.41, 5.74) is 0.482. The van der Waals surface area contributed by atoms with Crippen LogP contribution in [0.15, 0.2) is 17.2 Å². The molecule has 0 aliphatic heterocycles. The van der Waals surface area contributed by atoms with Crippen LogP contribution in [0, 0.1) is 4.64 Å². The van der Waals surface area contributed by atoms with Crippen LogP contribution in [-0.4, -0.2) is 22.8 Å². The van der Waals surface area contributed by atoms with E-state index in [0.29, 0.717) is 9.67 Å². The van der Waals surface area contributed by atoms with Crippen molar-refractivity contribution < 1.29 is 4.65 Å². The van der Waals surface area contributed by atoms with Gasteiger partial charge in [0.25, 0.3) is 0 Å². The number of thiol groups is 2. The van der Waals surface area contributed by atoms with Crippen molar-refractivity contribution in [1.29, 1.82) is 0 Å². The van der Waals surface area contributed by atoms with E-state index >= 15 is 0 Å². The van der Waals surface area contributed by atoms with Crippen LogP contribution < -0.4 is 5.46 Å². The fourth-order valence-electron chi connectivity index (χ4n) is 0.925. The maximum atomic E-state index is 5.80. The zero-order chi connectivity index (χ0) is 13.3. The van der Waals surface area contributed by atoms with Gasteiger partial charge in [-0.15, -0.1) is 12.6 Å². The van der Waals surface area contributed by atoms with Crippen molar-refractivity contribution in [3.8, 4) is 0 Å². The molecule has 0 saturated carbocycles. The number of pyridine rings is 1. The maximum Gasteiger partial charge on any atom is 0.333 e. The first-order chi connectivity index (χ1) is 7.63. The first kappa shape index (κ1) is 15.2. The molecule has 0 bridgehead atoms. The van der Waals surface area contributed by atoms with E-state index < -0.39 is 0 Å². The topological polar surface area (TPSA) is 25.0 Å². The molecular weight excluding hydrogens is 269 g/mol. The summed E-state index contributed by atoms with van der Waals surface area (Å²) in [6, 6.07) is 3.69. The van der Waals surface area contributed by atoms with Gasteiger partial charge in [0.1, 0.15) is 4.64 Å². The molecule has 0 unspecified atom stereocenters. The Hall–Kier alpha value is 0.0949. The lowest BCUT2D eigenvalue weighted by Crippen LogP contribution is -2.46. The summed E-state index contributed by atoms with van der Waals surface area (Å²) in [5, 5.41) is 0.699. The van der Waals surface area contributed by atoms with Gasteiger partial charge < -0.3 is 9.64 Å². The van der Waals surface area contributed by atoms with Gasteiger partial charge in [-0.25, -0.2) is 0 Å². The molecule has 0 spiro atoms. The second kappa shape index (κ2) is 5.39. The summed E-state index contributed by atoms with van der Waals surface area (Å²) in [5.74, 6) is 0. The molecule has 0 saturated heterocycles. The van der Waals surface area contributed by atoms with E-state index in [1.54, 1.807) is 7.48 Å². The average molecular weight is 286 g/mol. The molecule has 0 aromatic carbocycles. The summed E-state index contributed by atoms with van der Waals surface area (Å²) in [6.45, 7) is 8.04. The normalized spacial score (nSPS) is 12.6. The molecule has 1 heterocycles. The zero-order valence-corrected chi connectivity index (χ0v) is 13.0.